The van der Waals surface area contributed by atoms with E-state index < -0.39 is 0 Å². The van der Waals surface area contributed by atoms with Crippen molar-refractivity contribution >= 4 is 23.2 Å². The van der Waals surface area contributed by atoms with Crippen molar-refractivity contribution in [3.8, 4) is 0 Å². The Labute approximate surface area is 114 Å². The molecule has 0 spiro atoms. The summed E-state index contributed by atoms with van der Waals surface area (Å²) in [7, 11) is 0. The highest BCUT2D eigenvalue weighted by Gasteiger charge is 2.26. The number of halogens is 1. The summed E-state index contributed by atoms with van der Waals surface area (Å²) >= 11 is 0. The van der Waals surface area contributed by atoms with Crippen LogP contribution in [0.25, 0.3) is 10.8 Å². The summed E-state index contributed by atoms with van der Waals surface area (Å²) in [5, 5.41) is 11.8. The molecule has 0 aliphatic heterocycles. The van der Waals surface area contributed by atoms with Crippen LogP contribution in [0.15, 0.2) is 42.5 Å². The van der Waals surface area contributed by atoms with Crippen molar-refractivity contribution in [1.82, 2.24) is 0 Å². The van der Waals surface area contributed by atoms with Crippen LogP contribution in [-0.4, -0.2) is 11.7 Å². The van der Waals surface area contributed by atoms with E-state index in [1.807, 2.05) is 32.0 Å². The molecule has 0 amide bonds. The van der Waals surface area contributed by atoms with Crippen LogP contribution in [0.1, 0.15) is 25.5 Å². The third-order valence-corrected chi connectivity index (χ3v) is 3.38. The van der Waals surface area contributed by atoms with E-state index in [-0.39, 0.29) is 30.5 Å². The van der Waals surface area contributed by atoms with Gasteiger partial charge in [-0.3, -0.25) is 0 Å². The van der Waals surface area contributed by atoms with Crippen LogP contribution in [0.5, 0.6) is 0 Å². The van der Waals surface area contributed by atoms with Gasteiger partial charge >= 0.3 is 0 Å². The van der Waals surface area contributed by atoms with Gasteiger partial charge in [0.25, 0.3) is 0 Å². The van der Waals surface area contributed by atoms with Gasteiger partial charge in [-0.15, -0.1) is 12.4 Å². The molecule has 0 fully saturated rings. The van der Waals surface area contributed by atoms with Crippen molar-refractivity contribution in [2.24, 2.45) is 11.1 Å². The lowest BCUT2D eigenvalue weighted by atomic mass is 9.81. The van der Waals surface area contributed by atoms with Gasteiger partial charge in [-0.1, -0.05) is 50.2 Å². The molecule has 0 heterocycles. The second-order valence-electron chi connectivity index (χ2n) is 5.23. The molecule has 0 unspecified atom stereocenters. The molecular weight excluding hydrogens is 246 g/mol. The first-order valence-electron chi connectivity index (χ1n) is 5.90. The van der Waals surface area contributed by atoms with Crippen molar-refractivity contribution in [3.63, 3.8) is 0 Å². The van der Waals surface area contributed by atoms with E-state index in [4.69, 9.17) is 5.73 Å². The zero-order valence-corrected chi connectivity index (χ0v) is 11.6. The van der Waals surface area contributed by atoms with Gasteiger partial charge in [0.05, 0.1) is 0 Å². The Kier molecular flexibility index (Phi) is 4.74. The summed E-state index contributed by atoms with van der Waals surface area (Å²) in [6.45, 7) is 4.04. The molecule has 0 aromatic heterocycles. The molecule has 2 aromatic carbocycles. The molecule has 0 bridgehead atoms. The Balaban J connectivity index is 0.00000162. The van der Waals surface area contributed by atoms with Crippen LogP contribution in [0.2, 0.25) is 0 Å². The maximum atomic E-state index is 9.36. The van der Waals surface area contributed by atoms with Crippen LogP contribution in [-0.2, 0) is 0 Å². The van der Waals surface area contributed by atoms with E-state index in [0.717, 1.165) is 5.56 Å². The van der Waals surface area contributed by atoms with E-state index >= 15 is 0 Å². The van der Waals surface area contributed by atoms with Gasteiger partial charge in [0.1, 0.15) is 0 Å². The maximum absolute atomic E-state index is 9.36. The normalized spacial score (nSPS) is 13.1. The fourth-order valence-corrected chi connectivity index (χ4v) is 1.95. The van der Waals surface area contributed by atoms with E-state index in [0.29, 0.717) is 0 Å². The standard InChI is InChI=1S/C15H19NO.ClH/c1-15(2,10-17)14(16)13-8-7-11-5-3-4-6-12(11)9-13;/h3-9,14,17H,10,16H2,1-2H3;1H/t14-;/m1./s1. The summed E-state index contributed by atoms with van der Waals surface area (Å²) in [6.07, 6.45) is 0. The van der Waals surface area contributed by atoms with Gasteiger partial charge in [-0.05, 0) is 22.4 Å². The van der Waals surface area contributed by atoms with E-state index in [1.165, 1.54) is 10.8 Å². The molecule has 2 nitrogen and oxygen atoms in total. The number of benzene rings is 2. The molecule has 98 valence electrons. The van der Waals surface area contributed by atoms with Crippen molar-refractivity contribution < 1.29 is 5.11 Å². The highest BCUT2D eigenvalue weighted by Crippen LogP contribution is 2.31. The van der Waals surface area contributed by atoms with Gasteiger partial charge in [0.2, 0.25) is 0 Å². The Morgan fingerprint density at radius 3 is 2.33 bits per heavy atom. The summed E-state index contributed by atoms with van der Waals surface area (Å²) in [4.78, 5) is 0. The average molecular weight is 266 g/mol. The lowest BCUT2D eigenvalue weighted by Gasteiger charge is -2.29. The lowest BCUT2D eigenvalue weighted by Crippen LogP contribution is -2.32. The molecule has 0 aliphatic carbocycles. The SMILES string of the molecule is CC(C)(CO)[C@H](N)c1ccc2ccccc2c1.Cl. The van der Waals surface area contributed by atoms with Crippen LogP contribution in [0.3, 0.4) is 0 Å². The Bertz CT molecular complexity index is 525. The fourth-order valence-electron chi connectivity index (χ4n) is 1.95. The number of rotatable bonds is 3. The minimum Gasteiger partial charge on any atom is -0.396 e. The van der Waals surface area contributed by atoms with Gasteiger partial charge in [0, 0.05) is 18.1 Å². The first kappa shape index (κ1) is 15.0. The molecule has 0 saturated heterocycles. The largest absolute Gasteiger partial charge is 0.396 e. The van der Waals surface area contributed by atoms with E-state index in [2.05, 4.69) is 24.3 Å². The monoisotopic (exact) mass is 265 g/mol. The molecule has 3 heteroatoms. The predicted molar refractivity (Wildman–Crippen MR) is 79.0 cm³/mol. The van der Waals surface area contributed by atoms with E-state index in [9.17, 15) is 5.11 Å². The van der Waals surface area contributed by atoms with Gasteiger partial charge in [-0.2, -0.15) is 0 Å². The smallest absolute Gasteiger partial charge is 0.0500 e. The number of nitrogens with two attached hydrogens (primary N) is 1. The fraction of sp³-hybridized carbons (Fsp3) is 0.333. The molecule has 3 N–H and O–H groups in total. The molecule has 1 atom stereocenters. The zero-order valence-electron chi connectivity index (χ0n) is 10.8. The first-order chi connectivity index (χ1) is 8.04. The number of hydrogen-bond acceptors (Lipinski definition) is 2. The quantitative estimate of drug-likeness (QED) is 0.895. The second kappa shape index (κ2) is 5.70. The molecule has 0 aliphatic rings. The molecule has 0 saturated carbocycles. The minimum absolute atomic E-state index is 0. The van der Waals surface area contributed by atoms with Crippen LogP contribution < -0.4 is 5.73 Å². The molecule has 0 radical (unpaired) electrons. The molecule has 2 rings (SSSR count). The molecule has 18 heavy (non-hydrogen) atoms. The van der Waals surface area contributed by atoms with Crippen LogP contribution in [0, 0.1) is 5.41 Å². The number of aliphatic hydroxyl groups is 1. The van der Waals surface area contributed by atoms with Crippen LogP contribution in [0.4, 0.5) is 0 Å². The number of aliphatic hydroxyl groups excluding tert-OH is 1. The van der Waals surface area contributed by atoms with Crippen LogP contribution >= 0.6 is 12.4 Å². The predicted octanol–water partition coefficient (Wildman–Crippen LogP) is 3.28. The third-order valence-electron chi connectivity index (χ3n) is 3.38. The Morgan fingerprint density at radius 2 is 1.72 bits per heavy atom. The molecular formula is C15H20ClNO. The van der Waals surface area contributed by atoms with E-state index in [1.54, 1.807) is 0 Å². The zero-order chi connectivity index (χ0) is 12.5. The van der Waals surface area contributed by atoms with Crippen molar-refractivity contribution in [2.75, 3.05) is 6.61 Å². The Morgan fingerprint density at radius 1 is 1.11 bits per heavy atom. The number of hydrogen-bond donors (Lipinski definition) is 2. The second-order valence-corrected chi connectivity index (χ2v) is 5.23. The third kappa shape index (κ3) is 2.83. The summed E-state index contributed by atoms with van der Waals surface area (Å²) < 4.78 is 0. The number of fused-ring (bicyclic) bond motifs is 1. The lowest BCUT2D eigenvalue weighted by molar-refractivity contribution is 0.132. The highest BCUT2D eigenvalue weighted by molar-refractivity contribution is 5.85. The maximum Gasteiger partial charge on any atom is 0.0500 e. The van der Waals surface area contributed by atoms with Crippen molar-refractivity contribution in [3.05, 3.63) is 48.0 Å². The molecule has 2 aromatic rings. The average Bonchev–Trinajstić information content (AvgIpc) is 2.37. The summed E-state index contributed by atoms with van der Waals surface area (Å²) in [5.41, 5.74) is 6.98. The minimum atomic E-state index is -0.303. The van der Waals surface area contributed by atoms with Gasteiger partial charge in [-0.25, -0.2) is 0 Å². The van der Waals surface area contributed by atoms with Gasteiger partial charge in [0.15, 0.2) is 0 Å². The summed E-state index contributed by atoms with van der Waals surface area (Å²) in [5.74, 6) is 0. The van der Waals surface area contributed by atoms with Crippen molar-refractivity contribution in [2.45, 2.75) is 19.9 Å². The first-order valence-corrected chi connectivity index (χ1v) is 5.90. The topological polar surface area (TPSA) is 46.2 Å². The highest BCUT2D eigenvalue weighted by atomic mass is 35.5. The van der Waals surface area contributed by atoms with Gasteiger partial charge < -0.3 is 10.8 Å². The van der Waals surface area contributed by atoms with Crippen molar-refractivity contribution in [1.29, 1.82) is 0 Å². The summed E-state index contributed by atoms with van der Waals surface area (Å²) in [6, 6.07) is 14.3. The Hall–Kier alpha value is -1.09.